The maximum absolute atomic E-state index is 6.30. The Kier molecular flexibility index (Phi) is 24.1. The highest BCUT2D eigenvalue weighted by Gasteiger charge is 2.28. The molecule has 0 radical (unpaired) electrons. The predicted molar refractivity (Wildman–Crippen MR) is 107 cm³/mol. The molecule has 0 bridgehead atoms. The maximum Gasteiger partial charge on any atom is 0.0682 e. The van der Waals surface area contributed by atoms with E-state index in [1.165, 1.54) is 83.5 Å². The van der Waals surface area contributed by atoms with Crippen LogP contribution in [0.2, 0.25) is 0 Å². The molecular weight excluding hydrogens is 338 g/mol. The number of rotatable bonds is 15. The van der Waals surface area contributed by atoms with Gasteiger partial charge in [-0.3, -0.25) is 0 Å². The van der Waals surface area contributed by atoms with E-state index >= 15 is 0 Å². The van der Waals surface area contributed by atoms with Gasteiger partial charge in [0.1, 0.15) is 0 Å². The highest BCUT2D eigenvalue weighted by molar-refractivity contribution is 8.93. The van der Waals surface area contributed by atoms with Crippen LogP contribution in [0.4, 0.5) is 0 Å². The third-order valence-corrected chi connectivity index (χ3v) is 4.41. The molecule has 0 aromatic rings. The van der Waals surface area contributed by atoms with Crippen molar-refractivity contribution in [2.75, 3.05) is 6.61 Å². The largest absolute Gasteiger partial charge is 0.375 e. The van der Waals surface area contributed by atoms with Gasteiger partial charge in [0, 0.05) is 6.61 Å². The third kappa shape index (κ3) is 14.0. The number of ether oxygens (including phenoxy) is 1. The van der Waals surface area contributed by atoms with Gasteiger partial charge in [0.2, 0.25) is 0 Å². The fourth-order valence-corrected chi connectivity index (χ4v) is 3.17. The van der Waals surface area contributed by atoms with Crippen molar-refractivity contribution in [1.82, 2.24) is 6.15 Å². The van der Waals surface area contributed by atoms with Gasteiger partial charge in [-0.05, 0) is 26.2 Å². The van der Waals surface area contributed by atoms with Crippen LogP contribution in [0, 0.1) is 0 Å². The summed E-state index contributed by atoms with van der Waals surface area (Å²) in [6.45, 7) is 9.92. The second kappa shape index (κ2) is 19.4. The smallest absolute Gasteiger partial charge is 0.0682 e. The molecule has 0 aromatic heterocycles. The Bertz CT molecular complexity index is 190. The molecule has 0 heterocycles. The first-order valence-corrected chi connectivity index (χ1v) is 9.38. The van der Waals surface area contributed by atoms with Crippen molar-refractivity contribution in [2.24, 2.45) is 0 Å². The summed E-state index contributed by atoms with van der Waals surface area (Å²) in [7, 11) is 0. The molecule has 138 valence electrons. The molecule has 0 aromatic carbocycles. The predicted octanol–water partition coefficient (Wildman–Crippen LogP) is 7.63. The van der Waals surface area contributed by atoms with E-state index in [0.29, 0.717) is 0 Å². The van der Waals surface area contributed by atoms with Crippen LogP contribution >= 0.6 is 17.0 Å². The molecule has 0 unspecified atom stereocenters. The molecule has 0 fully saturated rings. The zero-order valence-corrected chi connectivity index (χ0v) is 17.6. The fraction of sp³-hybridized carbons (Fsp3) is 1.00. The van der Waals surface area contributed by atoms with Gasteiger partial charge in [0.25, 0.3) is 0 Å². The van der Waals surface area contributed by atoms with Crippen molar-refractivity contribution < 1.29 is 4.74 Å². The summed E-state index contributed by atoms with van der Waals surface area (Å²) < 4.78 is 6.30. The quantitative estimate of drug-likeness (QED) is 0.296. The second-order valence-corrected chi connectivity index (χ2v) is 6.34. The van der Waals surface area contributed by atoms with Gasteiger partial charge in [-0.15, -0.1) is 17.0 Å². The lowest BCUT2D eigenvalue weighted by Gasteiger charge is -2.34. The van der Waals surface area contributed by atoms with Crippen LogP contribution in [0.5, 0.6) is 0 Å². The van der Waals surface area contributed by atoms with Crippen molar-refractivity contribution in [3.05, 3.63) is 0 Å². The Morgan fingerprint density at radius 1 is 0.591 bits per heavy atom. The minimum absolute atomic E-state index is 0. The van der Waals surface area contributed by atoms with E-state index in [1.54, 1.807) is 0 Å². The second-order valence-electron chi connectivity index (χ2n) is 6.34. The van der Waals surface area contributed by atoms with Gasteiger partial charge in [-0.2, -0.15) is 0 Å². The summed E-state index contributed by atoms with van der Waals surface area (Å²) in [5, 5.41) is 0. The maximum atomic E-state index is 6.30. The number of unbranched alkanes of at least 4 members (excludes halogenated alkanes) is 7. The highest BCUT2D eigenvalue weighted by atomic mass is 79.9. The van der Waals surface area contributed by atoms with Crippen molar-refractivity contribution >= 4 is 17.0 Å². The van der Waals surface area contributed by atoms with Gasteiger partial charge in [-0.1, -0.05) is 85.0 Å². The van der Waals surface area contributed by atoms with Crippen LogP contribution in [-0.4, -0.2) is 12.2 Å². The van der Waals surface area contributed by atoms with Gasteiger partial charge in [0.15, 0.2) is 0 Å². The van der Waals surface area contributed by atoms with E-state index in [1.807, 2.05) is 0 Å². The number of halogens is 1. The lowest BCUT2D eigenvalue weighted by molar-refractivity contribution is -0.0623. The molecule has 0 aliphatic heterocycles. The van der Waals surface area contributed by atoms with Crippen LogP contribution < -0.4 is 6.15 Å². The zero-order chi connectivity index (χ0) is 15.1. The van der Waals surface area contributed by atoms with Gasteiger partial charge < -0.3 is 10.9 Å². The molecule has 0 saturated heterocycles. The Labute approximate surface area is 151 Å². The van der Waals surface area contributed by atoms with Crippen LogP contribution in [0.3, 0.4) is 0 Å². The summed E-state index contributed by atoms with van der Waals surface area (Å²) in [6, 6.07) is 0. The first-order valence-electron chi connectivity index (χ1n) is 9.38. The molecule has 0 aliphatic carbocycles. The average molecular weight is 382 g/mol. The molecule has 0 rings (SSSR count). The standard InChI is InChI=1S/C19H40O.BrH.H3N/c1-5-9-12-15-18-19(20-8-4,16-13-10-6-2)17-14-11-7-3;;/h5-18H2,1-4H3;1H;1H3. The SMILES string of the molecule is Br.CCCCCCC(CCCCC)(CCCCC)OCC.N. The van der Waals surface area contributed by atoms with E-state index in [9.17, 15) is 0 Å². The van der Waals surface area contributed by atoms with E-state index in [0.717, 1.165) is 6.61 Å². The Balaban J connectivity index is -0.00000180. The van der Waals surface area contributed by atoms with Crippen LogP contribution in [0.25, 0.3) is 0 Å². The minimum Gasteiger partial charge on any atom is -0.375 e. The Hall–Kier alpha value is 0.400. The lowest BCUT2D eigenvalue weighted by atomic mass is 9.85. The van der Waals surface area contributed by atoms with Crippen LogP contribution in [0.1, 0.15) is 111 Å². The first kappa shape index (κ1) is 27.3. The van der Waals surface area contributed by atoms with E-state index in [2.05, 4.69) is 27.7 Å². The van der Waals surface area contributed by atoms with E-state index in [4.69, 9.17) is 4.74 Å². The van der Waals surface area contributed by atoms with Crippen LogP contribution in [0.15, 0.2) is 0 Å². The lowest BCUT2D eigenvalue weighted by Crippen LogP contribution is -2.33. The summed E-state index contributed by atoms with van der Waals surface area (Å²) >= 11 is 0. The molecule has 2 nitrogen and oxygen atoms in total. The molecule has 0 atom stereocenters. The molecule has 0 amide bonds. The molecule has 3 N–H and O–H groups in total. The number of hydrogen-bond donors (Lipinski definition) is 1. The van der Waals surface area contributed by atoms with E-state index in [-0.39, 0.29) is 28.7 Å². The fourth-order valence-electron chi connectivity index (χ4n) is 3.17. The van der Waals surface area contributed by atoms with Crippen molar-refractivity contribution in [1.29, 1.82) is 0 Å². The van der Waals surface area contributed by atoms with Gasteiger partial charge in [-0.25, -0.2) is 0 Å². The van der Waals surface area contributed by atoms with Crippen molar-refractivity contribution in [2.45, 2.75) is 117 Å². The topological polar surface area (TPSA) is 44.2 Å². The zero-order valence-electron chi connectivity index (χ0n) is 15.9. The summed E-state index contributed by atoms with van der Waals surface area (Å²) in [6.07, 6.45) is 17.3. The van der Waals surface area contributed by atoms with Gasteiger partial charge in [0.05, 0.1) is 5.60 Å². The minimum atomic E-state index is 0. The first-order chi connectivity index (χ1) is 9.74. The molecular formula is C19H44BrNO. The Morgan fingerprint density at radius 3 is 1.32 bits per heavy atom. The number of hydrogen-bond acceptors (Lipinski definition) is 2. The average Bonchev–Trinajstić information content (AvgIpc) is 2.44. The molecule has 3 heteroatoms. The van der Waals surface area contributed by atoms with Crippen molar-refractivity contribution in [3.63, 3.8) is 0 Å². The summed E-state index contributed by atoms with van der Waals surface area (Å²) in [4.78, 5) is 0. The van der Waals surface area contributed by atoms with E-state index < -0.39 is 0 Å². The summed E-state index contributed by atoms with van der Waals surface area (Å²) in [5.41, 5.74) is 0.201. The molecule has 0 spiro atoms. The molecule has 0 saturated carbocycles. The summed E-state index contributed by atoms with van der Waals surface area (Å²) in [5.74, 6) is 0. The highest BCUT2D eigenvalue weighted by Crippen LogP contribution is 2.32. The van der Waals surface area contributed by atoms with Gasteiger partial charge >= 0.3 is 0 Å². The monoisotopic (exact) mass is 381 g/mol. The normalized spacial score (nSPS) is 10.9. The molecule has 0 aliphatic rings. The molecule has 22 heavy (non-hydrogen) atoms. The third-order valence-electron chi connectivity index (χ3n) is 4.41. The van der Waals surface area contributed by atoms with Crippen LogP contribution in [-0.2, 0) is 4.74 Å². The van der Waals surface area contributed by atoms with Crippen molar-refractivity contribution in [3.8, 4) is 0 Å². The Morgan fingerprint density at radius 2 is 0.955 bits per heavy atom.